The molecule has 0 saturated carbocycles. The van der Waals surface area contributed by atoms with E-state index >= 15 is 0 Å². The fraction of sp³-hybridized carbons (Fsp3) is 0.100. The minimum Gasteiger partial charge on any atom is -0.461 e. The van der Waals surface area contributed by atoms with Crippen molar-refractivity contribution >= 4 is 29.6 Å². The number of carbonyl (C=O) groups is 2. The highest BCUT2D eigenvalue weighted by atomic mass is 16.6. The van der Waals surface area contributed by atoms with Crippen LogP contribution in [0.25, 0.3) is 12.2 Å². The zero-order valence-corrected chi connectivity index (χ0v) is 13.9. The lowest BCUT2D eigenvalue weighted by atomic mass is 10.1. The molecule has 0 atom stereocenters. The fourth-order valence-electron chi connectivity index (χ4n) is 2.07. The smallest absolute Gasteiger partial charge is 0.313 e. The lowest BCUT2D eigenvalue weighted by Gasteiger charge is -1.99. The summed E-state index contributed by atoms with van der Waals surface area (Å²) in [6, 6.07) is 15.4. The zero-order chi connectivity index (χ0) is 18.8. The number of esters is 1. The molecule has 0 aliphatic carbocycles. The van der Waals surface area contributed by atoms with Crippen LogP contribution in [-0.2, 0) is 14.3 Å². The Balaban J connectivity index is 1.78. The van der Waals surface area contributed by atoms with Gasteiger partial charge in [0.15, 0.2) is 5.78 Å². The first kappa shape index (κ1) is 18.8. The molecule has 0 fully saturated rings. The number of non-ortho nitro benzene ring substituents is 1. The number of ether oxygens (including phenoxy) is 1. The molecule has 0 N–H and O–H groups in total. The summed E-state index contributed by atoms with van der Waals surface area (Å²) in [7, 11) is 0. The van der Waals surface area contributed by atoms with Crippen molar-refractivity contribution in [2.45, 2.75) is 6.42 Å². The number of allylic oxidation sites excluding steroid dienone is 1. The molecule has 6 nitrogen and oxygen atoms in total. The van der Waals surface area contributed by atoms with Gasteiger partial charge >= 0.3 is 5.97 Å². The average Bonchev–Trinajstić information content (AvgIpc) is 2.64. The highest BCUT2D eigenvalue weighted by molar-refractivity contribution is 6.04. The molecule has 0 unspecified atom stereocenters. The number of benzene rings is 2. The molecule has 0 spiro atoms. The Morgan fingerprint density at radius 1 is 1.00 bits per heavy atom. The summed E-state index contributed by atoms with van der Waals surface area (Å²) >= 11 is 0. The van der Waals surface area contributed by atoms with Crippen LogP contribution in [0.2, 0.25) is 0 Å². The minimum absolute atomic E-state index is 0.0655. The van der Waals surface area contributed by atoms with Gasteiger partial charge in [0.1, 0.15) is 13.0 Å². The summed E-state index contributed by atoms with van der Waals surface area (Å²) in [6.07, 6.45) is 5.76. The summed E-state index contributed by atoms with van der Waals surface area (Å²) in [5.74, 6) is -1.06. The molecule has 2 aromatic carbocycles. The monoisotopic (exact) mass is 351 g/mol. The molecule has 0 aromatic heterocycles. The number of hydrogen-bond acceptors (Lipinski definition) is 5. The normalized spacial score (nSPS) is 10.9. The number of hydrogen-bond donors (Lipinski definition) is 0. The van der Waals surface area contributed by atoms with Crippen molar-refractivity contribution in [3.8, 4) is 0 Å². The molecule has 0 aliphatic rings. The van der Waals surface area contributed by atoms with Crippen LogP contribution in [-0.4, -0.2) is 23.3 Å². The van der Waals surface area contributed by atoms with E-state index in [2.05, 4.69) is 0 Å². The van der Waals surface area contributed by atoms with Gasteiger partial charge in [0, 0.05) is 12.1 Å². The third-order valence-corrected chi connectivity index (χ3v) is 3.31. The standard InChI is InChI=1S/C20H17NO5/c22-19(12-11-17-8-4-10-18(14-17)21(24)25)15-20(23)26-13-5-9-16-6-2-1-3-7-16/h1-12,14H,13,15H2. The van der Waals surface area contributed by atoms with Gasteiger partial charge in [-0.05, 0) is 23.3 Å². The molecule has 0 heterocycles. The van der Waals surface area contributed by atoms with Crippen molar-refractivity contribution in [1.29, 1.82) is 0 Å². The first-order valence-corrected chi connectivity index (χ1v) is 7.87. The topological polar surface area (TPSA) is 86.5 Å². The van der Waals surface area contributed by atoms with Crippen LogP contribution in [0.5, 0.6) is 0 Å². The molecular weight excluding hydrogens is 334 g/mol. The van der Waals surface area contributed by atoms with Crippen LogP contribution < -0.4 is 0 Å². The van der Waals surface area contributed by atoms with Gasteiger partial charge in [-0.25, -0.2) is 0 Å². The van der Waals surface area contributed by atoms with Crippen molar-refractivity contribution in [1.82, 2.24) is 0 Å². The van der Waals surface area contributed by atoms with Crippen molar-refractivity contribution in [2.75, 3.05) is 6.61 Å². The van der Waals surface area contributed by atoms with Crippen LogP contribution in [0.15, 0.2) is 66.7 Å². The first-order chi connectivity index (χ1) is 12.5. The molecule has 132 valence electrons. The Morgan fingerprint density at radius 3 is 2.46 bits per heavy atom. The molecule has 2 aromatic rings. The van der Waals surface area contributed by atoms with Gasteiger partial charge in [0.2, 0.25) is 0 Å². The Morgan fingerprint density at radius 2 is 1.73 bits per heavy atom. The maximum absolute atomic E-state index is 11.8. The second kappa shape index (κ2) is 9.68. The zero-order valence-electron chi connectivity index (χ0n) is 13.9. The summed E-state index contributed by atoms with van der Waals surface area (Å²) in [4.78, 5) is 33.6. The molecule has 2 rings (SSSR count). The van der Waals surface area contributed by atoms with Crippen molar-refractivity contribution in [2.24, 2.45) is 0 Å². The Kier molecular flexibility index (Phi) is 7.00. The molecule has 0 aliphatic heterocycles. The lowest BCUT2D eigenvalue weighted by Crippen LogP contribution is -2.09. The predicted octanol–water partition coefficient (Wildman–Crippen LogP) is 3.82. The number of ketones is 1. The van der Waals surface area contributed by atoms with Gasteiger partial charge in [0.25, 0.3) is 5.69 Å². The molecule has 0 saturated heterocycles. The summed E-state index contributed by atoms with van der Waals surface area (Å²) < 4.78 is 4.97. The van der Waals surface area contributed by atoms with Gasteiger partial charge in [-0.2, -0.15) is 0 Å². The summed E-state index contributed by atoms with van der Waals surface area (Å²) in [5, 5.41) is 10.7. The van der Waals surface area contributed by atoms with E-state index in [1.165, 1.54) is 30.4 Å². The number of nitro groups is 1. The van der Waals surface area contributed by atoms with Gasteiger partial charge in [-0.3, -0.25) is 19.7 Å². The largest absolute Gasteiger partial charge is 0.461 e. The summed E-state index contributed by atoms with van der Waals surface area (Å²) in [5.41, 5.74) is 1.43. The van der Waals surface area contributed by atoms with Gasteiger partial charge in [-0.1, -0.05) is 54.6 Å². The fourth-order valence-corrected chi connectivity index (χ4v) is 2.07. The van der Waals surface area contributed by atoms with Crippen LogP contribution in [0.1, 0.15) is 17.5 Å². The van der Waals surface area contributed by atoms with Crippen molar-refractivity contribution in [3.05, 3.63) is 88.0 Å². The maximum Gasteiger partial charge on any atom is 0.313 e. The number of carbonyl (C=O) groups excluding carboxylic acids is 2. The quantitative estimate of drug-likeness (QED) is 0.237. The van der Waals surface area contributed by atoms with Crippen LogP contribution in [0, 0.1) is 10.1 Å². The van der Waals surface area contributed by atoms with E-state index in [1.54, 1.807) is 12.1 Å². The van der Waals surface area contributed by atoms with Gasteiger partial charge in [0.05, 0.1) is 4.92 Å². The third-order valence-electron chi connectivity index (χ3n) is 3.31. The third kappa shape index (κ3) is 6.52. The van der Waals surface area contributed by atoms with E-state index in [0.29, 0.717) is 5.56 Å². The Labute approximate surface area is 150 Å². The van der Waals surface area contributed by atoms with Gasteiger partial charge in [-0.15, -0.1) is 0 Å². The second-order valence-electron chi connectivity index (χ2n) is 5.32. The molecule has 0 amide bonds. The number of rotatable bonds is 8. The summed E-state index contributed by atoms with van der Waals surface area (Å²) in [6.45, 7) is 0.0790. The molecule has 0 radical (unpaired) electrons. The first-order valence-electron chi connectivity index (χ1n) is 7.87. The molecule has 0 bridgehead atoms. The maximum atomic E-state index is 11.8. The van der Waals surface area contributed by atoms with Crippen LogP contribution in [0.3, 0.4) is 0 Å². The average molecular weight is 351 g/mol. The SMILES string of the molecule is O=C(C=Cc1cccc([N+](=O)[O-])c1)CC(=O)OCC=Cc1ccccc1. The van der Waals surface area contributed by atoms with Crippen LogP contribution in [0.4, 0.5) is 5.69 Å². The van der Waals surface area contributed by atoms with E-state index in [-0.39, 0.29) is 18.7 Å². The molecule has 6 heteroatoms. The minimum atomic E-state index is -0.628. The van der Waals surface area contributed by atoms with E-state index < -0.39 is 16.7 Å². The van der Waals surface area contributed by atoms with E-state index in [0.717, 1.165) is 5.56 Å². The van der Waals surface area contributed by atoms with E-state index in [4.69, 9.17) is 4.74 Å². The van der Waals surface area contributed by atoms with Crippen LogP contribution >= 0.6 is 0 Å². The highest BCUT2D eigenvalue weighted by Crippen LogP contribution is 2.14. The van der Waals surface area contributed by atoms with Crippen molar-refractivity contribution < 1.29 is 19.2 Å². The van der Waals surface area contributed by atoms with Gasteiger partial charge < -0.3 is 4.74 Å². The highest BCUT2D eigenvalue weighted by Gasteiger charge is 2.08. The number of nitro benzene ring substituents is 1. The lowest BCUT2D eigenvalue weighted by molar-refractivity contribution is -0.384. The number of nitrogens with zero attached hydrogens (tertiary/aromatic N) is 1. The predicted molar refractivity (Wildman–Crippen MR) is 98.2 cm³/mol. The second-order valence-corrected chi connectivity index (χ2v) is 5.32. The van der Waals surface area contributed by atoms with Crippen molar-refractivity contribution in [3.63, 3.8) is 0 Å². The Bertz CT molecular complexity index is 840. The molecule has 26 heavy (non-hydrogen) atoms. The Hall–Kier alpha value is -3.54. The van der Waals surface area contributed by atoms with E-state index in [9.17, 15) is 19.7 Å². The van der Waals surface area contributed by atoms with E-state index in [1.807, 2.05) is 36.4 Å². The molecular formula is C20H17NO5.